The molecule has 10 heteroatoms. The first-order chi connectivity index (χ1) is 17.3. The molecule has 0 N–H and O–H groups in total. The fraction of sp³-hybridized carbons (Fsp3) is 0.630. The zero-order chi connectivity index (χ0) is 28.0. The molecular weight excluding hydrogens is 509 g/mol. The van der Waals surface area contributed by atoms with Crippen LogP contribution >= 0.6 is 7.60 Å². The highest BCUT2D eigenvalue weighted by Gasteiger charge is 2.38. The van der Waals surface area contributed by atoms with Gasteiger partial charge in [-0.05, 0) is 44.7 Å². The quantitative estimate of drug-likeness (QED) is 0.140. The van der Waals surface area contributed by atoms with Gasteiger partial charge in [-0.15, -0.1) is 0 Å². The molecule has 0 radical (unpaired) electrons. The lowest BCUT2D eigenvalue weighted by molar-refractivity contribution is 0.0532. The van der Waals surface area contributed by atoms with Gasteiger partial charge in [0.1, 0.15) is 23.7 Å². The summed E-state index contributed by atoms with van der Waals surface area (Å²) in [6.07, 6.45) is 1.94. The predicted octanol–water partition coefficient (Wildman–Crippen LogP) is 6.88. The molecular formula is C27H42NO7PSi. The van der Waals surface area contributed by atoms with E-state index in [4.69, 9.17) is 23.3 Å². The topological polar surface area (TPSA) is 104 Å². The first-order valence-corrected chi connectivity index (χ1v) is 18.1. The Kier molecular flexibility index (Phi) is 11.0. The van der Waals surface area contributed by atoms with Crippen molar-refractivity contribution in [2.45, 2.75) is 73.3 Å². The van der Waals surface area contributed by atoms with Crippen LogP contribution in [-0.4, -0.2) is 41.0 Å². The van der Waals surface area contributed by atoms with E-state index in [9.17, 15) is 14.6 Å². The molecule has 0 amide bonds. The minimum Gasteiger partial charge on any atom is -0.496 e. The molecule has 1 unspecified atom stereocenters. The average Bonchev–Trinajstić information content (AvgIpc) is 3.19. The van der Waals surface area contributed by atoms with Gasteiger partial charge < -0.3 is 23.3 Å². The molecule has 1 aromatic rings. The highest BCUT2D eigenvalue weighted by atomic mass is 31.2. The number of fused-ring (bicyclic) bond motifs is 1. The summed E-state index contributed by atoms with van der Waals surface area (Å²) in [5, 5.41) is 10.3. The zero-order valence-electron chi connectivity index (χ0n) is 23.7. The van der Waals surface area contributed by atoms with Crippen molar-refractivity contribution in [2.24, 2.45) is 11.8 Å². The van der Waals surface area contributed by atoms with E-state index in [2.05, 4.69) is 25.7 Å². The lowest BCUT2D eigenvalue weighted by Gasteiger charge is -2.26. The Balaban J connectivity index is 2.74. The number of allylic oxidation sites excluding steroid dienone is 2. The number of nitrogens with zero attached hydrogens (tertiary/aromatic N) is 1. The van der Waals surface area contributed by atoms with Gasteiger partial charge in [-0.1, -0.05) is 39.6 Å². The molecule has 37 heavy (non-hydrogen) atoms. The van der Waals surface area contributed by atoms with E-state index in [0.29, 0.717) is 34.5 Å². The van der Waals surface area contributed by atoms with E-state index in [0.717, 1.165) is 17.2 Å². The van der Waals surface area contributed by atoms with Crippen molar-refractivity contribution >= 4 is 21.6 Å². The number of nitriles is 1. The summed E-state index contributed by atoms with van der Waals surface area (Å²) in [6, 6.07) is 3.19. The third kappa shape index (κ3) is 7.26. The molecule has 8 nitrogen and oxygen atoms in total. The molecule has 0 aliphatic carbocycles. The van der Waals surface area contributed by atoms with Crippen LogP contribution in [0, 0.1) is 30.1 Å². The number of methoxy groups -OCH3 is 1. The summed E-state index contributed by atoms with van der Waals surface area (Å²) in [6.45, 7) is 16.9. The number of carbonyl (C=O) groups is 1. The van der Waals surface area contributed by atoms with Crippen LogP contribution in [0.25, 0.3) is 0 Å². The van der Waals surface area contributed by atoms with Crippen molar-refractivity contribution in [2.75, 3.05) is 26.9 Å². The largest absolute Gasteiger partial charge is 0.496 e. The van der Waals surface area contributed by atoms with Gasteiger partial charge in [0.15, 0.2) is 0 Å². The van der Waals surface area contributed by atoms with Gasteiger partial charge in [0.05, 0.1) is 44.2 Å². The molecule has 0 fully saturated rings. The van der Waals surface area contributed by atoms with Crippen molar-refractivity contribution in [1.29, 1.82) is 5.26 Å². The molecule has 0 saturated carbocycles. The number of benzene rings is 1. The lowest BCUT2D eigenvalue weighted by atomic mass is 9.93. The Labute approximate surface area is 222 Å². The summed E-state index contributed by atoms with van der Waals surface area (Å²) in [5.41, 5.74) is 2.61. The van der Waals surface area contributed by atoms with E-state index >= 15 is 0 Å². The van der Waals surface area contributed by atoms with Crippen molar-refractivity contribution in [1.82, 2.24) is 0 Å². The highest BCUT2D eigenvalue weighted by molar-refractivity contribution is 7.58. The maximum Gasteiger partial charge on any atom is 0.358 e. The average molecular weight is 552 g/mol. The monoisotopic (exact) mass is 551 g/mol. The number of hydrogen-bond donors (Lipinski definition) is 0. The van der Waals surface area contributed by atoms with Crippen LogP contribution in [-0.2, 0) is 31.4 Å². The normalized spacial score (nSPS) is 14.8. The van der Waals surface area contributed by atoms with Gasteiger partial charge in [0.25, 0.3) is 0 Å². The molecule has 1 atom stereocenters. The molecule has 0 spiro atoms. The van der Waals surface area contributed by atoms with Gasteiger partial charge in [0.2, 0.25) is 0 Å². The van der Waals surface area contributed by atoms with Gasteiger partial charge in [0, 0.05) is 19.2 Å². The molecule has 1 aliphatic rings. The minimum absolute atomic E-state index is 0.128. The van der Waals surface area contributed by atoms with Crippen LogP contribution in [0.2, 0.25) is 25.7 Å². The predicted molar refractivity (Wildman–Crippen MR) is 147 cm³/mol. The smallest absolute Gasteiger partial charge is 0.358 e. The first-order valence-electron chi connectivity index (χ1n) is 12.9. The van der Waals surface area contributed by atoms with E-state index in [-0.39, 0.29) is 32.2 Å². The number of hydrogen-bond acceptors (Lipinski definition) is 8. The second-order valence-electron chi connectivity index (χ2n) is 10.6. The second kappa shape index (κ2) is 13.1. The fourth-order valence-electron chi connectivity index (χ4n) is 4.33. The van der Waals surface area contributed by atoms with Crippen molar-refractivity contribution < 1.29 is 32.6 Å². The summed E-state index contributed by atoms with van der Waals surface area (Å²) in [4.78, 5) is 12.8. The van der Waals surface area contributed by atoms with Gasteiger partial charge in [-0.25, -0.2) is 4.79 Å². The molecule has 1 aliphatic heterocycles. The summed E-state index contributed by atoms with van der Waals surface area (Å²) in [5.74, 6) is -0.241. The Morgan fingerprint density at radius 1 is 1.19 bits per heavy atom. The van der Waals surface area contributed by atoms with Crippen molar-refractivity contribution in [3.63, 3.8) is 0 Å². The zero-order valence-corrected chi connectivity index (χ0v) is 25.6. The second-order valence-corrected chi connectivity index (χ2v) is 18.2. The van der Waals surface area contributed by atoms with E-state index < -0.39 is 27.6 Å². The molecule has 206 valence electrons. The van der Waals surface area contributed by atoms with Gasteiger partial charge >= 0.3 is 13.6 Å². The number of carbonyl (C=O) groups excluding carboxylic acids is 1. The van der Waals surface area contributed by atoms with Crippen molar-refractivity contribution in [3.05, 3.63) is 33.6 Å². The van der Waals surface area contributed by atoms with Crippen LogP contribution in [0.4, 0.5) is 0 Å². The van der Waals surface area contributed by atoms with Crippen LogP contribution < -0.4 is 9.47 Å². The Hall–Kier alpha value is -2.11. The number of esters is 1. The molecule has 1 heterocycles. The van der Waals surface area contributed by atoms with E-state index in [1.54, 1.807) is 27.0 Å². The van der Waals surface area contributed by atoms with E-state index in [1.807, 2.05) is 20.8 Å². The standard InChI is InChI=1S/C27H42NO7PSi/c1-10-34-36(30,35-11-2)23(21(16-28)18(3)4)13-12-20-25(31-6)19(5)22-17-33-27(29)24(22)26(20)32-14-15-37(7,8)9/h13,18,21H,10-12,14-15,17H2,1-9H3. The maximum atomic E-state index is 13.9. The maximum absolute atomic E-state index is 13.9. The van der Waals surface area contributed by atoms with Crippen LogP contribution in [0.3, 0.4) is 0 Å². The number of rotatable bonds is 14. The van der Waals surface area contributed by atoms with Crippen LogP contribution in [0.15, 0.2) is 11.4 Å². The first kappa shape index (κ1) is 31.1. The van der Waals surface area contributed by atoms with Crippen LogP contribution in [0.5, 0.6) is 11.5 Å². The fourth-order valence-corrected chi connectivity index (χ4v) is 7.11. The SMILES string of the molecule is CCOP(=O)(OCC)C(=CCc1c(OC)c(C)c2c(c1OCC[Si](C)(C)C)C(=O)OC2)C(C#N)C(C)C. The number of ether oxygens (including phenoxy) is 3. The van der Waals surface area contributed by atoms with Gasteiger partial charge in [-0.3, -0.25) is 4.57 Å². The Morgan fingerprint density at radius 3 is 2.30 bits per heavy atom. The molecule has 0 saturated heterocycles. The molecule has 2 rings (SSSR count). The lowest BCUT2D eigenvalue weighted by Crippen LogP contribution is -2.23. The third-order valence-corrected chi connectivity index (χ3v) is 10.3. The summed E-state index contributed by atoms with van der Waals surface area (Å²) < 4.78 is 42.6. The van der Waals surface area contributed by atoms with Crippen LogP contribution in [0.1, 0.15) is 54.7 Å². The third-order valence-electron chi connectivity index (χ3n) is 6.28. The van der Waals surface area contributed by atoms with Crippen molar-refractivity contribution in [3.8, 4) is 17.6 Å². The Bertz CT molecular complexity index is 1090. The number of cyclic esters (lactones) is 1. The summed E-state index contributed by atoms with van der Waals surface area (Å²) in [7, 11) is -3.58. The Morgan fingerprint density at radius 2 is 1.81 bits per heavy atom. The highest BCUT2D eigenvalue weighted by Crippen LogP contribution is 2.60. The molecule has 0 bridgehead atoms. The molecule has 0 aromatic heterocycles. The van der Waals surface area contributed by atoms with Gasteiger partial charge in [-0.2, -0.15) is 5.26 Å². The minimum atomic E-state index is -3.74. The van der Waals surface area contributed by atoms with E-state index in [1.165, 1.54) is 0 Å². The molecule has 1 aromatic carbocycles. The summed E-state index contributed by atoms with van der Waals surface area (Å²) >= 11 is 0.